The number of carbonyl (C=O) groups excluding carboxylic acids is 3. The Morgan fingerprint density at radius 2 is 1.66 bits per heavy atom. The first-order valence-corrected chi connectivity index (χ1v) is 11.1. The van der Waals surface area contributed by atoms with Gasteiger partial charge in [0.1, 0.15) is 25.4 Å². The van der Waals surface area contributed by atoms with Crippen LogP contribution in [0.2, 0.25) is 0 Å². The lowest BCUT2D eigenvalue weighted by atomic mass is 9.80. The number of carbonyl (C=O) groups is 3. The molecule has 7 nitrogen and oxygen atoms in total. The minimum atomic E-state index is -0.514. The monoisotopic (exact) mass is 446 g/mol. The first-order valence-electron chi connectivity index (χ1n) is 11.1. The van der Waals surface area contributed by atoms with Crippen molar-refractivity contribution in [3.63, 3.8) is 0 Å². The summed E-state index contributed by atoms with van der Waals surface area (Å²) < 4.78 is 22.0. The van der Waals surface area contributed by atoms with Crippen LogP contribution < -0.4 is 0 Å². The number of hydrogen-bond donors (Lipinski definition) is 0. The maximum Gasteiger partial charge on any atom is 0.306 e. The Morgan fingerprint density at radius 3 is 2.31 bits per heavy atom. The van der Waals surface area contributed by atoms with E-state index in [-0.39, 0.29) is 43.1 Å². The normalized spacial score (nSPS) is 25.3. The maximum absolute atomic E-state index is 11.9. The molecule has 0 amide bonds. The molecule has 0 radical (unpaired) electrons. The van der Waals surface area contributed by atoms with Crippen molar-refractivity contribution in [2.24, 2.45) is 11.8 Å². The standard InChI is InChI=1S/C25H34O7/c1-17-18(2)25(31-20(4)27)23(16-29-19(3)26)32-22(17)13-9-6-10-14-24(28)30-15-21-11-7-5-8-12-21/h5-9,11-12,17-18,22-23,25H,10,13-16H2,1-4H3/b9-6-/t17?,18-,22+,23?,25-/m1/s1. The number of rotatable bonds is 10. The number of benzene rings is 1. The first kappa shape index (κ1) is 25.6. The van der Waals surface area contributed by atoms with Crippen LogP contribution >= 0.6 is 0 Å². The Bertz CT molecular complexity index is 774. The molecule has 0 aliphatic carbocycles. The van der Waals surface area contributed by atoms with Crippen LogP contribution in [0.15, 0.2) is 42.5 Å². The molecule has 2 unspecified atom stereocenters. The van der Waals surface area contributed by atoms with Gasteiger partial charge in [-0.1, -0.05) is 56.3 Å². The van der Waals surface area contributed by atoms with Crippen molar-refractivity contribution in [1.82, 2.24) is 0 Å². The van der Waals surface area contributed by atoms with Crippen LogP contribution in [0.1, 0.15) is 52.5 Å². The Labute approximate surface area is 190 Å². The molecule has 1 saturated heterocycles. The second kappa shape index (κ2) is 13.0. The molecule has 5 atom stereocenters. The molecule has 0 saturated carbocycles. The van der Waals surface area contributed by atoms with Crippen molar-refractivity contribution in [1.29, 1.82) is 0 Å². The molecule has 32 heavy (non-hydrogen) atoms. The Balaban J connectivity index is 1.81. The quantitative estimate of drug-likeness (QED) is 0.305. The molecular formula is C25H34O7. The molecule has 2 rings (SSSR count). The summed E-state index contributed by atoms with van der Waals surface area (Å²) >= 11 is 0. The zero-order valence-corrected chi connectivity index (χ0v) is 19.3. The van der Waals surface area contributed by atoms with Crippen LogP contribution in [-0.4, -0.2) is 42.8 Å². The average Bonchev–Trinajstić information content (AvgIpc) is 2.76. The molecule has 1 heterocycles. The van der Waals surface area contributed by atoms with E-state index < -0.39 is 18.2 Å². The van der Waals surface area contributed by atoms with Crippen molar-refractivity contribution >= 4 is 17.9 Å². The summed E-state index contributed by atoms with van der Waals surface area (Å²) in [5.41, 5.74) is 0.962. The largest absolute Gasteiger partial charge is 0.463 e. The molecular weight excluding hydrogens is 412 g/mol. The van der Waals surface area contributed by atoms with Gasteiger partial charge in [-0.05, 0) is 24.3 Å². The fourth-order valence-electron chi connectivity index (χ4n) is 3.74. The third-order valence-electron chi connectivity index (χ3n) is 5.70. The zero-order valence-electron chi connectivity index (χ0n) is 19.3. The van der Waals surface area contributed by atoms with Crippen molar-refractivity contribution in [2.45, 2.75) is 71.9 Å². The average molecular weight is 447 g/mol. The van der Waals surface area contributed by atoms with Gasteiger partial charge in [-0.3, -0.25) is 14.4 Å². The third-order valence-corrected chi connectivity index (χ3v) is 5.70. The van der Waals surface area contributed by atoms with Gasteiger partial charge in [-0.15, -0.1) is 0 Å². The molecule has 0 bridgehead atoms. The Kier molecular flexibility index (Phi) is 10.4. The lowest BCUT2D eigenvalue weighted by molar-refractivity contribution is -0.204. The van der Waals surface area contributed by atoms with E-state index in [0.29, 0.717) is 19.3 Å². The molecule has 0 aromatic heterocycles. The number of hydrogen-bond acceptors (Lipinski definition) is 7. The highest BCUT2D eigenvalue weighted by atomic mass is 16.6. The number of esters is 3. The summed E-state index contributed by atoms with van der Waals surface area (Å²) in [5.74, 6) is -0.854. The van der Waals surface area contributed by atoms with Crippen LogP contribution in [0.25, 0.3) is 0 Å². The van der Waals surface area contributed by atoms with Crippen LogP contribution in [0.4, 0.5) is 0 Å². The summed E-state index contributed by atoms with van der Waals surface area (Å²) in [6.07, 6.45) is 4.38. The number of allylic oxidation sites excluding steroid dienone is 1. The minimum Gasteiger partial charge on any atom is -0.463 e. The van der Waals surface area contributed by atoms with Crippen molar-refractivity contribution in [3.05, 3.63) is 48.0 Å². The van der Waals surface area contributed by atoms with E-state index in [1.165, 1.54) is 13.8 Å². The molecule has 1 aromatic rings. The lowest BCUT2D eigenvalue weighted by Gasteiger charge is -2.43. The van der Waals surface area contributed by atoms with Gasteiger partial charge < -0.3 is 18.9 Å². The van der Waals surface area contributed by atoms with E-state index in [4.69, 9.17) is 18.9 Å². The molecule has 7 heteroatoms. The van der Waals surface area contributed by atoms with Gasteiger partial charge in [0.2, 0.25) is 0 Å². The Hall–Kier alpha value is -2.67. The maximum atomic E-state index is 11.9. The zero-order chi connectivity index (χ0) is 23.5. The topological polar surface area (TPSA) is 88.1 Å². The highest BCUT2D eigenvalue weighted by Gasteiger charge is 2.43. The smallest absolute Gasteiger partial charge is 0.306 e. The van der Waals surface area contributed by atoms with Crippen molar-refractivity contribution in [2.75, 3.05) is 6.61 Å². The minimum absolute atomic E-state index is 0.0395. The van der Waals surface area contributed by atoms with Crippen LogP contribution in [0, 0.1) is 11.8 Å². The summed E-state index contributed by atoms with van der Waals surface area (Å²) in [6.45, 7) is 7.09. The van der Waals surface area contributed by atoms with E-state index in [1.807, 2.05) is 49.4 Å². The number of ether oxygens (including phenoxy) is 4. The SMILES string of the molecule is CC(=O)OCC1O[C@@H](C/C=C\CCC(=O)OCc2ccccc2)C(C)[C@@H](C)[C@H]1OC(C)=O. The second-order valence-corrected chi connectivity index (χ2v) is 8.20. The summed E-state index contributed by atoms with van der Waals surface area (Å²) in [7, 11) is 0. The van der Waals surface area contributed by atoms with Gasteiger partial charge in [0.25, 0.3) is 0 Å². The van der Waals surface area contributed by atoms with Gasteiger partial charge in [-0.25, -0.2) is 0 Å². The van der Waals surface area contributed by atoms with Crippen LogP contribution in [-0.2, 0) is 39.9 Å². The van der Waals surface area contributed by atoms with Crippen LogP contribution in [0.3, 0.4) is 0 Å². The van der Waals surface area contributed by atoms with E-state index in [1.54, 1.807) is 0 Å². The predicted molar refractivity (Wildman–Crippen MR) is 118 cm³/mol. The van der Waals surface area contributed by atoms with E-state index >= 15 is 0 Å². The van der Waals surface area contributed by atoms with E-state index in [2.05, 4.69) is 6.92 Å². The fraction of sp³-hybridized carbons (Fsp3) is 0.560. The third kappa shape index (κ3) is 8.46. The van der Waals surface area contributed by atoms with Crippen molar-refractivity contribution < 1.29 is 33.3 Å². The van der Waals surface area contributed by atoms with Gasteiger partial charge in [0.15, 0.2) is 0 Å². The molecule has 0 spiro atoms. The lowest BCUT2D eigenvalue weighted by Crippen LogP contribution is -2.52. The highest BCUT2D eigenvalue weighted by Crippen LogP contribution is 2.34. The van der Waals surface area contributed by atoms with Gasteiger partial charge >= 0.3 is 17.9 Å². The molecule has 1 aliphatic rings. The van der Waals surface area contributed by atoms with Crippen LogP contribution in [0.5, 0.6) is 0 Å². The summed E-state index contributed by atoms with van der Waals surface area (Å²) in [6, 6.07) is 9.57. The second-order valence-electron chi connectivity index (χ2n) is 8.20. The summed E-state index contributed by atoms with van der Waals surface area (Å²) in [5, 5.41) is 0. The molecule has 176 valence electrons. The molecule has 0 N–H and O–H groups in total. The van der Waals surface area contributed by atoms with E-state index in [0.717, 1.165) is 5.56 Å². The van der Waals surface area contributed by atoms with Gasteiger partial charge in [0, 0.05) is 26.2 Å². The van der Waals surface area contributed by atoms with E-state index in [9.17, 15) is 14.4 Å². The molecule has 1 fully saturated rings. The molecule has 1 aromatic carbocycles. The highest BCUT2D eigenvalue weighted by molar-refractivity contribution is 5.69. The first-order chi connectivity index (χ1) is 15.3. The van der Waals surface area contributed by atoms with Gasteiger partial charge in [-0.2, -0.15) is 0 Å². The fourth-order valence-corrected chi connectivity index (χ4v) is 3.74. The Morgan fingerprint density at radius 1 is 0.938 bits per heavy atom. The molecule has 1 aliphatic heterocycles. The van der Waals surface area contributed by atoms with Crippen molar-refractivity contribution in [3.8, 4) is 0 Å². The predicted octanol–water partition coefficient (Wildman–Crippen LogP) is 3.99. The van der Waals surface area contributed by atoms with Gasteiger partial charge in [0.05, 0.1) is 6.10 Å². The summed E-state index contributed by atoms with van der Waals surface area (Å²) in [4.78, 5) is 34.7.